The number of nitrogens with zero attached hydrogens (tertiary/aromatic N) is 5. The third-order valence-electron chi connectivity index (χ3n) is 8.47. The molecule has 0 fully saturated rings. The number of esters is 2. The smallest absolute Gasteiger partial charge is 0.336 e. The molecule has 2 aromatic heterocycles. The summed E-state index contributed by atoms with van der Waals surface area (Å²) in [7, 11) is 1.31. The van der Waals surface area contributed by atoms with Gasteiger partial charge < -0.3 is 19.5 Å². The maximum Gasteiger partial charge on any atom is 0.336 e. The number of nitrogens with one attached hydrogen (secondary N) is 1. The first kappa shape index (κ1) is 36.6. The van der Waals surface area contributed by atoms with Crippen molar-refractivity contribution in [3.8, 4) is 0 Å². The summed E-state index contributed by atoms with van der Waals surface area (Å²) in [6.07, 6.45) is 0. The third-order valence-corrected chi connectivity index (χ3v) is 8.81. The quantitative estimate of drug-likeness (QED) is 0.184. The first-order valence-corrected chi connectivity index (χ1v) is 16.4. The predicted molar refractivity (Wildman–Crippen MR) is 183 cm³/mol. The van der Waals surface area contributed by atoms with E-state index in [0.29, 0.717) is 48.2 Å². The van der Waals surface area contributed by atoms with Gasteiger partial charge in [-0.05, 0) is 67.0 Å². The van der Waals surface area contributed by atoms with Gasteiger partial charge in [-0.25, -0.2) is 9.59 Å². The molecule has 11 nitrogen and oxygen atoms in total. The molecular formula is C36H45ClN6O5. The van der Waals surface area contributed by atoms with Gasteiger partial charge in [-0.2, -0.15) is 0 Å². The van der Waals surface area contributed by atoms with Crippen molar-refractivity contribution in [3.63, 3.8) is 0 Å². The van der Waals surface area contributed by atoms with E-state index in [1.807, 2.05) is 47.6 Å². The highest BCUT2D eigenvalue weighted by Crippen LogP contribution is 2.41. The first-order valence-electron chi connectivity index (χ1n) is 16.0. The van der Waals surface area contributed by atoms with Crippen LogP contribution in [0.3, 0.4) is 0 Å². The van der Waals surface area contributed by atoms with Crippen molar-refractivity contribution in [2.24, 2.45) is 0 Å². The third kappa shape index (κ3) is 8.44. The van der Waals surface area contributed by atoms with Gasteiger partial charge >= 0.3 is 11.9 Å². The monoisotopic (exact) mass is 676 g/mol. The van der Waals surface area contributed by atoms with Crippen LogP contribution in [0.2, 0.25) is 5.02 Å². The second-order valence-electron chi connectivity index (χ2n) is 11.8. The number of methoxy groups -OCH3 is 1. The van der Waals surface area contributed by atoms with E-state index in [2.05, 4.69) is 10.2 Å². The van der Waals surface area contributed by atoms with Gasteiger partial charge in [0.2, 0.25) is 0 Å². The molecule has 0 amide bonds. The Kier molecular flexibility index (Phi) is 12.4. The summed E-state index contributed by atoms with van der Waals surface area (Å²) >= 11 is 6.64. The largest absolute Gasteiger partial charge is 0.466 e. The minimum Gasteiger partial charge on any atom is -0.466 e. The van der Waals surface area contributed by atoms with Crippen LogP contribution < -0.4 is 5.32 Å². The van der Waals surface area contributed by atoms with Crippen LogP contribution in [0.4, 0.5) is 0 Å². The number of allylic oxidation sites excluding steroid dienone is 1. The molecule has 1 aliphatic rings. The predicted octanol–water partition coefficient (Wildman–Crippen LogP) is 5.44. The van der Waals surface area contributed by atoms with Gasteiger partial charge in [-0.3, -0.25) is 24.8 Å². The van der Waals surface area contributed by atoms with Crippen LogP contribution in [-0.4, -0.2) is 70.2 Å². The van der Waals surface area contributed by atoms with Crippen LogP contribution in [-0.2, 0) is 36.9 Å². The molecule has 3 aromatic rings. The highest BCUT2D eigenvalue weighted by atomic mass is 35.5. The van der Waals surface area contributed by atoms with E-state index in [0.717, 1.165) is 45.6 Å². The number of carbonyl (C=O) groups is 2. The second kappa shape index (κ2) is 16.3. The van der Waals surface area contributed by atoms with E-state index in [1.165, 1.54) is 7.11 Å². The fourth-order valence-corrected chi connectivity index (χ4v) is 5.93. The van der Waals surface area contributed by atoms with Gasteiger partial charge in [0.1, 0.15) is 0 Å². The Morgan fingerprint density at radius 2 is 1.38 bits per heavy atom. The van der Waals surface area contributed by atoms with Crippen molar-refractivity contribution in [1.82, 2.24) is 30.2 Å². The standard InChI is InChI=1S/C36H45ClN6O5/c1-10-48-36(45)34-31(42-26(8)32(35(44)46-9)33(34)27-13-11-12-14-28(27)37)19-47-16-15-43(17-29-24(6)38-20(2)22(4)40-29)18-30-25(7)39-21(3)23(5)41-30/h11-14,33,42H,10,15-19H2,1-9H3. The summed E-state index contributed by atoms with van der Waals surface area (Å²) in [4.78, 5) is 47.9. The minimum absolute atomic E-state index is 0.0552. The van der Waals surface area contributed by atoms with Crippen LogP contribution in [0, 0.1) is 41.5 Å². The Bertz CT molecular complexity index is 1700. The Hall–Kier alpha value is -4.19. The number of dihydropyridines is 1. The minimum atomic E-state index is -0.820. The summed E-state index contributed by atoms with van der Waals surface area (Å²) < 4.78 is 16.9. The van der Waals surface area contributed by atoms with Gasteiger partial charge in [0.25, 0.3) is 0 Å². The van der Waals surface area contributed by atoms with Gasteiger partial charge in [-0.15, -0.1) is 0 Å². The maximum absolute atomic E-state index is 13.6. The zero-order valence-corrected chi connectivity index (χ0v) is 30.0. The summed E-state index contributed by atoms with van der Waals surface area (Å²) in [5.41, 5.74) is 9.22. The Balaban J connectivity index is 1.63. The SMILES string of the molecule is CCOC(=O)C1=C(COCCN(Cc2nc(C)c(C)nc2C)Cc2nc(C)c(C)nc2C)NC(C)=C(C(=O)OC)C1c1ccccc1Cl. The van der Waals surface area contributed by atoms with E-state index >= 15 is 0 Å². The summed E-state index contributed by atoms with van der Waals surface area (Å²) in [5.74, 6) is -1.97. The molecule has 0 spiro atoms. The number of hydrogen-bond donors (Lipinski definition) is 1. The van der Waals surface area contributed by atoms with Crippen LogP contribution in [0.15, 0.2) is 46.8 Å². The number of aryl methyl sites for hydroxylation is 6. The van der Waals surface area contributed by atoms with Crippen LogP contribution in [0.5, 0.6) is 0 Å². The molecule has 12 heteroatoms. The molecule has 48 heavy (non-hydrogen) atoms. The van der Waals surface area contributed by atoms with Crippen molar-refractivity contribution in [2.75, 3.05) is 33.5 Å². The molecule has 4 rings (SSSR count). The fourth-order valence-electron chi connectivity index (χ4n) is 5.69. The molecular weight excluding hydrogens is 632 g/mol. The Morgan fingerprint density at radius 3 is 1.92 bits per heavy atom. The highest BCUT2D eigenvalue weighted by molar-refractivity contribution is 6.31. The van der Waals surface area contributed by atoms with Crippen LogP contribution in [0.25, 0.3) is 0 Å². The molecule has 0 saturated heterocycles. The molecule has 0 saturated carbocycles. The number of aromatic nitrogens is 4. The molecule has 1 aliphatic heterocycles. The molecule has 3 heterocycles. The molecule has 1 N–H and O–H groups in total. The lowest BCUT2D eigenvalue weighted by atomic mass is 9.80. The molecule has 1 aromatic carbocycles. The zero-order valence-electron chi connectivity index (χ0n) is 29.3. The topological polar surface area (TPSA) is 129 Å². The Morgan fingerprint density at radius 1 is 0.812 bits per heavy atom. The lowest BCUT2D eigenvalue weighted by Crippen LogP contribution is -2.35. The molecule has 1 atom stereocenters. The van der Waals surface area contributed by atoms with Crippen LogP contribution in [0.1, 0.15) is 70.9 Å². The zero-order chi connectivity index (χ0) is 35.1. The lowest BCUT2D eigenvalue weighted by molar-refractivity contribution is -0.139. The number of hydrogen-bond acceptors (Lipinski definition) is 11. The van der Waals surface area contributed by atoms with Crippen LogP contribution >= 0.6 is 11.6 Å². The number of rotatable bonds is 13. The normalized spacial score (nSPS) is 14.8. The van der Waals surface area contributed by atoms with E-state index < -0.39 is 17.9 Å². The lowest BCUT2D eigenvalue weighted by Gasteiger charge is -2.32. The average Bonchev–Trinajstić information content (AvgIpc) is 3.04. The molecule has 256 valence electrons. The number of carbonyl (C=O) groups excluding carboxylic acids is 2. The fraction of sp³-hybridized carbons (Fsp3) is 0.444. The number of ether oxygens (including phenoxy) is 3. The van der Waals surface area contributed by atoms with Gasteiger partial charge in [0.05, 0.1) is 95.2 Å². The van der Waals surface area contributed by atoms with E-state index in [-0.39, 0.29) is 24.4 Å². The van der Waals surface area contributed by atoms with E-state index in [4.69, 9.17) is 45.7 Å². The van der Waals surface area contributed by atoms with Gasteiger partial charge in [0.15, 0.2) is 0 Å². The summed E-state index contributed by atoms with van der Waals surface area (Å²) in [6.45, 7) is 17.4. The maximum atomic E-state index is 13.6. The van der Waals surface area contributed by atoms with Crippen molar-refractivity contribution in [3.05, 3.63) is 103 Å². The summed E-state index contributed by atoms with van der Waals surface area (Å²) in [6, 6.07) is 7.12. The van der Waals surface area contributed by atoms with Crippen molar-refractivity contribution < 1.29 is 23.8 Å². The van der Waals surface area contributed by atoms with Crippen molar-refractivity contribution in [2.45, 2.75) is 74.4 Å². The first-order chi connectivity index (χ1) is 22.9. The van der Waals surface area contributed by atoms with Crippen molar-refractivity contribution in [1.29, 1.82) is 0 Å². The summed E-state index contributed by atoms with van der Waals surface area (Å²) in [5, 5.41) is 3.64. The molecule has 0 aliphatic carbocycles. The highest BCUT2D eigenvalue weighted by Gasteiger charge is 2.39. The van der Waals surface area contributed by atoms with E-state index in [1.54, 1.807) is 32.0 Å². The second-order valence-corrected chi connectivity index (χ2v) is 12.2. The van der Waals surface area contributed by atoms with Gasteiger partial charge in [-0.1, -0.05) is 29.8 Å². The molecule has 0 radical (unpaired) electrons. The molecule has 1 unspecified atom stereocenters. The number of benzene rings is 1. The molecule has 0 bridgehead atoms. The Labute approximate surface area is 287 Å². The van der Waals surface area contributed by atoms with Gasteiger partial charge in [0, 0.05) is 30.4 Å². The average molecular weight is 677 g/mol. The number of halogens is 1. The van der Waals surface area contributed by atoms with E-state index in [9.17, 15) is 9.59 Å². The van der Waals surface area contributed by atoms with Crippen molar-refractivity contribution >= 4 is 23.5 Å².